The molecule has 0 heterocycles. The molecular weight excluding hydrogens is 288 g/mol. The summed E-state index contributed by atoms with van der Waals surface area (Å²) in [5.74, 6) is -0.866. The predicted molar refractivity (Wildman–Crippen MR) is 92.2 cm³/mol. The molecule has 0 atom stereocenters. The van der Waals surface area contributed by atoms with E-state index in [1.165, 1.54) is 5.56 Å². The number of benzene rings is 2. The Morgan fingerprint density at radius 1 is 0.957 bits per heavy atom. The Hall–Kier alpha value is -2.62. The monoisotopic (exact) mass is 310 g/mol. The molecule has 0 aliphatic carbocycles. The smallest absolute Gasteiger partial charge is 0.313 e. The van der Waals surface area contributed by atoms with Crippen LogP contribution in [0.5, 0.6) is 0 Å². The summed E-state index contributed by atoms with van der Waals surface area (Å²) in [6, 6.07) is 15.3. The first kappa shape index (κ1) is 16.7. The second-order valence-electron chi connectivity index (χ2n) is 5.84. The van der Waals surface area contributed by atoms with Crippen molar-refractivity contribution in [1.82, 2.24) is 5.32 Å². The highest BCUT2D eigenvalue weighted by Gasteiger charge is 2.13. The molecule has 0 unspecified atom stereocenters. The number of hydrogen-bond acceptors (Lipinski definition) is 2. The highest BCUT2D eigenvalue weighted by atomic mass is 16.2. The minimum Gasteiger partial charge on any atom is -0.344 e. The fourth-order valence-corrected chi connectivity index (χ4v) is 2.20. The quantitative estimate of drug-likeness (QED) is 0.851. The van der Waals surface area contributed by atoms with E-state index in [9.17, 15) is 9.59 Å². The summed E-state index contributed by atoms with van der Waals surface area (Å²) in [7, 11) is 0. The van der Waals surface area contributed by atoms with Crippen molar-refractivity contribution in [3.63, 3.8) is 0 Å². The van der Waals surface area contributed by atoms with Gasteiger partial charge in [0.25, 0.3) is 0 Å². The van der Waals surface area contributed by atoms with E-state index < -0.39 is 11.8 Å². The van der Waals surface area contributed by atoms with Crippen LogP contribution in [-0.2, 0) is 16.1 Å². The second-order valence-corrected chi connectivity index (χ2v) is 5.84. The zero-order valence-electron chi connectivity index (χ0n) is 13.7. The van der Waals surface area contributed by atoms with Gasteiger partial charge in [-0.1, -0.05) is 50.2 Å². The van der Waals surface area contributed by atoms with Gasteiger partial charge in [0.05, 0.1) is 0 Å². The standard InChI is InChI=1S/C19H22N2O2/c1-13(2)15-8-10-17(11-9-15)21-19(23)18(22)20-12-16-7-5-4-6-14(16)3/h4-11,13H,12H2,1-3H3,(H,20,22)(H,21,23). The van der Waals surface area contributed by atoms with Gasteiger partial charge in [0.15, 0.2) is 0 Å². The van der Waals surface area contributed by atoms with Crippen molar-refractivity contribution < 1.29 is 9.59 Å². The molecule has 2 rings (SSSR count). The van der Waals surface area contributed by atoms with Crippen LogP contribution >= 0.6 is 0 Å². The van der Waals surface area contributed by atoms with Crippen LogP contribution in [-0.4, -0.2) is 11.8 Å². The van der Waals surface area contributed by atoms with Gasteiger partial charge in [0.1, 0.15) is 0 Å². The summed E-state index contributed by atoms with van der Waals surface area (Å²) in [5, 5.41) is 5.25. The van der Waals surface area contributed by atoms with E-state index >= 15 is 0 Å². The van der Waals surface area contributed by atoms with Crippen molar-refractivity contribution >= 4 is 17.5 Å². The van der Waals surface area contributed by atoms with Crippen molar-refractivity contribution in [3.8, 4) is 0 Å². The van der Waals surface area contributed by atoms with Gasteiger partial charge in [0, 0.05) is 12.2 Å². The molecule has 0 aliphatic heterocycles. The molecule has 2 N–H and O–H groups in total. The first-order chi connectivity index (χ1) is 11.0. The van der Waals surface area contributed by atoms with Crippen LogP contribution in [0.2, 0.25) is 0 Å². The van der Waals surface area contributed by atoms with Gasteiger partial charge < -0.3 is 10.6 Å². The van der Waals surface area contributed by atoms with Gasteiger partial charge in [-0.15, -0.1) is 0 Å². The molecule has 2 amide bonds. The topological polar surface area (TPSA) is 58.2 Å². The van der Waals surface area contributed by atoms with Crippen LogP contribution in [0.1, 0.15) is 36.5 Å². The Bertz CT molecular complexity index is 691. The summed E-state index contributed by atoms with van der Waals surface area (Å²) in [4.78, 5) is 23.8. The van der Waals surface area contributed by atoms with Crippen LogP contribution in [0.15, 0.2) is 48.5 Å². The van der Waals surface area contributed by atoms with Crippen molar-refractivity contribution in [2.75, 3.05) is 5.32 Å². The molecule has 0 fully saturated rings. The summed E-state index contributed by atoms with van der Waals surface area (Å²) in [5.41, 5.74) is 3.88. The molecule has 0 radical (unpaired) electrons. The van der Waals surface area contributed by atoms with E-state index in [0.717, 1.165) is 11.1 Å². The molecule has 2 aromatic carbocycles. The largest absolute Gasteiger partial charge is 0.344 e. The molecule has 0 saturated carbocycles. The van der Waals surface area contributed by atoms with Crippen LogP contribution in [0.3, 0.4) is 0 Å². The van der Waals surface area contributed by atoms with E-state index in [2.05, 4.69) is 24.5 Å². The summed E-state index contributed by atoms with van der Waals surface area (Å²) >= 11 is 0. The maximum Gasteiger partial charge on any atom is 0.313 e. The average molecular weight is 310 g/mol. The Morgan fingerprint density at radius 2 is 1.61 bits per heavy atom. The third-order valence-corrected chi connectivity index (χ3v) is 3.74. The van der Waals surface area contributed by atoms with Crippen LogP contribution in [0, 0.1) is 6.92 Å². The SMILES string of the molecule is Cc1ccccc1CNC(=O)C(=O)Nc1ccc(C(C)C)cc1. The van der Waals surface area contributed by atoms with Crippen LogP contribution in [0.25, 0.3) is 0 Å². The zero-order valence-corrected chi connectivity index (χ0v) is 13.7. The fourth-order valence-electron chi connectivity index (χ4n) is 2.20. The first-order valence-corrected chi connectivity index (χ1v) is 7.71. The number of nitrogens with one attached hydrogen (secondary N) is 2. The second kappa shape index (κ2) is 7.58. The Kier molecular flexibility index (Phi) is 5.52. The van der Waals surface area contributed by atoms with E-state index in [0.29, 0.717) is 18.2 Å². The molecule has 23 heavy (non-hydrogen) atoms. The number of aryl methyl sites for hydroxylation is 1. The van der Waals surface area contributed by atoms with Gasteiger partial charge in [0.2, 0.25) is 0 Å². The maximum atomic E-state index is 11.9. The van der Waals surface area contributed by atoms with E-state index in [4.69, 9.17) is 0 Å². The van der Waals surface area contributed by atoms with Gasteiger partial charge in [-0.2, -0.15) is 0 Å². The number of carbonyl (C=O) groups excluding carboxylic acids is 2. The van der Waals surface area contributed by atoms with E-state index in [-0.39, 0.29) is 0 Å². The van der Waals surface area contributed by atoms with Gasteiger partial charge in [-0.05, 0) is 41.7 Å². The van der Waals surface area contributed by atoms with Crippen molar-refractivity contribution in [1.29, 1.82) is 0 Å². The Balaban J connectivity index is 1.90. The zero-order chi connectivity index (χ0) is 16.8. The molecule has 0 bridgehead atoms. The predicted octanol–water partition coefficient (Wildman–Crippen LogP) is 3.37. The normalized spacial score (nSPS) is 10.4. The van der Waals surface area contributed by atoms with Crippen molar-refractivity contribution in [3.05, 3.63) is 65.2 Å². The highest BCUT2D eigenvalue weighted by molar-refractivity contribution is 6.39. The molecule has 0 aromatic heterocycles. The van der Waals surface area contributed by atoms with Gasteiger partial charge >= 0.3 is 11.8 Å². The fraction of sp³-hybridized carbons (Fsp3) is 0.263. The molecule has 4 heteroatoms. The molecule has 120 valence electrons. The molecule has 4 nitrogen and oxygen atoms in total. The number of carbonyl (C=O) groups is 2. The molecule has 0 saturated heterocycles. The number of anilines is 1. The highest BCUT2D eigenvalue weighted by Crippen LogP contribution is 2.17. The molecule has 0 spiro atoms. The summed E-state index contributed by atoms with van der Waals surface area (Å²) in [6.07, 6.45) is 0. The first-order valence-electron chi connectivity index (χ1n) is 7.71. The summed E-state index contributed by atoms with van der Waals surface area (Å²) in [6.45, 7) is 6.52. The van der Waals surface area contributed by atoms with Crippen LogP contribution in [0.4, 0.5) is 5.69 Å². The Labute approximate surface area is 136 Å². The van der Waals surface area contributed by atoms with Crippen molar-refractivity contribution in [2.24, 2.45) is 0 Å². The van der Waals surface area contributed by atoms with Crippen LogP contribution < -0.4 is 10.6 Å². The van der Waals surface area contributed by atoms with Gasteiger partial charge in [-0.3, -0.25) is 9.59 Å². The average Bonchev–Trinajstić information content (AvgIpc) is 2.54. The minimum atomic E-state index is -0.657. The van der Waals surface area contributed by atoms with Gasteiger partial charge in [-0.25, -0.2) is 0 Å². The molecular formula is C19H22N2O2. The lowest BCUT2D eigenvalue weighted by molar-refractivity contribution is -0.136. The number of rotatable bonds is 4. The van der Waals surface area contributed by atoms with E-state index in [1.807, 2.05) is 55.5 Å². The number of amides is 2. The lowest BCUT2D eigenvalue weighted by Crippen LogP contribution is -2.35. The van der Waals surface area contributed by atoms with Crippen molar-refractivity contribution in [2.45, 2.75) is 33.2 Å². The summed E-state index contributed by atoms with van der Waals surface area (Å²) < 4.78 is 0. The lowest BCUT2D eigenvalue weighted by atomic mass is 10.0. The third-order valence-electron chi connectivity index (χ3n) is 3.74. The van der Waals surface area contributed by atoms with E-state index in [1.54, 1.807) is 0 Å². The minimum absolute atomic E-state index is 0.339. The lowest BCUT2D eigenvalue weighted by Gasteiger charge is -2.09. The molecule has 0 aliphatic rings. The third kappa shape index (κ3) is 4.68. The maximum absolute atomic E-state index is 11.9. The molecule has 2 aromatic rings. The Morgan fingerprint density at radius 3 is 2.22 bits per heavy atom. The number of hydrogen-bond donors (Lipinski definition) is 2.